The SMILES string of the molecule is CCOC(=O)c1ccc(C)c(N)c1OC. The van der Waals surface area contributed by atoms with Gasteiger partial charge in [0.1, 0.15) is 5.56 Å². The van der Waals surface area contributed by atoms with Gasteiger partial charge in [0.25, 0.3) is 0 Å². The monoisotopic (exact) mass is 209 g/mol. The Morgan fingerprint density at radius 2 is 2.13 bits per heavy atom. The van der Waals surface area contributed by atoms with Crippen molar-refractivity contribution in [3.05, 3.63) is 23.3 Å². The number of methoxy groups -OCH3 is 1. The number of anilines is 1. The van der Waals surface area contributed by atoms with Gasteiger partial charge in [-0.3, -0.25) is 0 Å². The fourth-order valence-corrected chi connectivity index (χ4v) is 1.29. The molecule has 1 aromatic carbocycles. The minimum atomic E-state index is -0.416. The van der Waals surface area contributed by atoms with Crippen LogP contribution < -0.4 is 10.5 Å². The summed E-state index contributed by atoms with van der Waals surface area (Å²) in [6.45, 7) is 3.93. The van der Waals surface area contributed by atoms with Crippen LogP contribution in [0.15, 0.2) is 12.1 Å². The molecule has 15 heavy (non-hydrogen) atoms. The van der Waals surface area contributed by atoms with Gasteiger partial charge in [-0.15, -0.1) is 0 Å². The summed E-state index contributed by atoms with van der Waals surface area (Å²) >= 11 is 0. The fraction of sp³-hybridized carbons (Fsp3) is 0.364. The highest BCUT2D eigenvalue weighted by molar-refractivity contribution is 5.95. The number of rotatable bonds is 3. The number of nitrogen functional groups attached to an aromatic ring is 1. The van der Waals surface area contributed by atoms with Crippen molar-refractivity contribution < 1.29 is 14.3 Å². The first-order chi connectivity index (χ1) is 7.11. The maximum atomic E-state index is 11.5. The summed E-state index contributed by atoms with van der Waals surface area (Å²) in [5.74, 6) is -0.0329. The summed E-state index contributed by atoms with van der Waals surface area (Å²) in [4.78, 5) is 11.5. The van der Waals surface area contributed by atoms with Crippen molar-refractivity contribution in [2.24, 2.45) is 0 Å². The average Bonchev–Trinajstić information content (AvgIpc) is 2.22. The van der Waals surface area contributed by atoms with E-state index in [0.717, 1.165) is 5.56 Å². The Hall–Kier alpha value is -1.71. The molecule has 0 aliphatic rings. The Morgan fingerprint density at radius 1 is 1.47 bits per heavy atom. The van der Waals surface area contributed by atoms with Crippen LogP contribution >= 0.6 is 0 Å². The van der Waals surface area contributed by atoms with Gasteiger partial charge >= 0.3 is 5.97 Å². The molecule has 0 heterocycles. The third-order valence-corrected chi connectivity index (χ3v) is 2.11. The van der Waals surface area contributed by atoms with Gasteiger partial charge in [0.05, 0.1) is 19.4 Å². The van der Waals surface area contributed by atoms with Gasteiger partial charge in [-0.1, -0.05) is 6.07 Å². The zero-order valence-electron chi connectivity index (χ0n) is 9.16. The quantitative estimate of drug-likeness (QED) is 0.608. The number of nitrogens with two attached hydrogens (primary N) is 1. The Labute approximate surface area is 89.0 Å². The van der Waals surface area contributed by atoms with E-state index in [2.05, 4.69) is 0 Å². The van der Waals surface area contributed by atoms with E-state index in [1.165, 1.54) is 7.11 Å². The van der Waals surface area contributed by atoms with E-state index in [1.807, 2.05) is 6.92 Å². The van der Waals surface area contributed by atoms with Crippen LogP contribution in [0.25, 0.3) is 0 Å². The van der Waals surface area contributed by atoms with Crippen LogP contribution in [0, 0.1) is 6.92 Å². The minimum absolute atomic E-state index is 0.329. The number of aryl methyl sites for hydroxylation is 1. The minimum Gasteiger partial charge on any atom is -0.494 e. The Bertz CT molecular complexity index is 374. The van der Waals surface area contributed by atoms with Crippen LogP contribution in [0.5, 0.6) is 5.75 Å². The van der Waals surface area contributed by atoms with Crippen LogP contribution in [0.3, 0.4) is 0 Å². The van der Waals surface area contributed by atoms with Gasteiger partial charge in [0, 0.05) is 0 Å². The van der Waals surface area contributed by atoms with Crippen LogP contribution in [-0.2, 0) is 4.74 Å². The molecule has 2 N–H and O–H groups in total. The molecule has 0 aliphatic heterocycles. The molecule has 0 aliphatic carbocycles. The number of hydrogen-bond acceptors (Lipinski definition) is 4. The maximum absolute atomic E-state index is 11.5. The van der Waals surface area contributed by atoms with E-state index in [-0.39, 0.29) is 0 Å². The predicted octanol–water partition coefficient (Wildman–Crippen LogP) is 1.76. The molecular weight excluding hydrogens is 194 g/mol. The number of ether oxygens (including phenoxy) is 2. The lowest BCUT2D eigenvalue weighted by Gasteiger charge is -2.11. The number of benzene rings is 1. The topological polar surface area (TPSA) is 61.5 Å². The molecule has 4 heteroatoms. The van der Waals surface area contributed by atoms with E-state index >= 15 is 0 Å². The first kappa shape index (κ1) is 11.4. The van der Waals surface area contributed by atoms with Gasteiger partial charge in [0.15, 0.2) is 5.75 Å². The molecule has 1 aromatic rings. The van der Waals surface area contributed by atoms with E-state index in [9.17, 15) is 4.79 Å². The molecular formula is C11H15NO3. The number of esters is 1. The molecule has 0 aromatic heterocycles. The highest BCUT2D eigenvalue weighted by Gasteiger charge is 2.16. The molecule has 0 amide bonds. The standard InChI is InChI=1S/C11H15NO3/c1-4-15-11(13)8-6-5-7(2)9(12)10(8)14-3/h5-6H,4,12H2,1-3H3. The second-order valence-electron chi connectivity index (χ2n) is 3.10. The third kappa shape index (κ3) is 2.21. The maximum Gasteiger partial charge on any atom is 0.341 e. The van der Waals surface area contributed by atoms with Crippen molar-refractivity contribution in [3.63, 3.8) is 0 Å². The smallest absolute Gasteiger partial charge is 0.341 e. The molecule has 0 saturated heterocycles. The molecule has 0 unspecified atom stereocenters. The summed E-state index contributed by atoms with van der Waals surface area (Å²) in [5.41, 5.74) is 7.51. The van der Waals surface area contributed by atoms with Gasteiger partial charge < -0.3 is 15.2 Å². The molecule has 0 radical (unpaired) electrons. The van der Waals surface area contributed by atoms with E-state index in [0.29, 0.717) is 23.6 Å². The van der Waals surface area contributed by atoms with Crippen molar-refractivity contribution in [2.45, 2.75) is 13.8 Å². The normalized spacial score (nSPS) is 9.80. The van der Waals surface area contributed by atoms with Crippen LogP contribution in [0.4, 0.5) is 5.69 Å². The molecule has 0 atom stereocenters. The fourth-order valence-electron chi connectivity index (χ4n) is 1.29. The molecule has 0 saturated carbocycles. The zero-order chi connectivity index (χ0) is 11.4. The first-order valence-electron chi connectivity index (χ1n) is 4.72. The van der Waals surface area contributed by atoms with Crippen LogP contribution in [0.1, 0.15) is 22.8 Å². The molecule has 4 nitrogen and oxygen atoms in total. The number of carbonyl (C=O) groups excluding carboxylic acids is 1. The Kier molecular flexibility index (Phi) is 3.55. The van der Waals surface area contributed by atoms with Crippen molar-refractivity contribution in [3.8, 4) is 5.75 Å². The second kappa shape index (κ2) is 4.68. The lowest BCUT2D eigenvalue weighted by molar-refractivity contribution is 0.0523. The summed E-state index contributed by atoms with van der Waals surface area (Å²) < 4.78 is 9.99. The lowest BCUT2D eigenvalue weighted by Crippen LogP contribution is -2.08. The highest BCUT2D eigenvalue weighted by atomic mass is 16.5. The van der Waals surface area contributed by atoms with Gasteiger partial charge in [-0.05, 0) is 25.5 Å². The van der Waals surface area contributed by atoms with Crippen molar-refractivity contribution in [1.82, 2.24) is 0 Å². The summed E-state index contributed by atoms with van der Waals surface area (Å²) in [5, 5.41) is 0. The average molecular weight is 209 g/mol. The van der Waals surface area contributed by atoms with Gasteiger partial charge in [-0.2, -0.15) is 0 Å². The van der Waals surface area contributed by atoms with E-state index in [4.69, 9.17) is 15.2 Å². The summed E-state index contributed by atoms with van der Waals surface area (Å²) in [6, 6.07) is 3.42. The van der Waals surface area contributed by atoms with E-state index in [1.54, 1.807) is 19.1 Å². The summed E-state index contributed by atoms with van der Waals surface area (Å²) in [7, 11) is 1.48. The molecule has 0 spiro atoms. The van der Waals surface area contributed by atoms with Gasteiger partial charge in [-0.25, -0.2) is 4.79 Å². The molecule has 0 fully saturated rings. The van der Waals surface area contributed by atoms with E-state index < -0.39 is 5.97 Å². The number of carbonyl (C=O) groups is 1. The van der Waals surface area contributed by atoms with Crippen LogP contribution in [0.2, 0.25) is 0 Å². The summed E-state index contributed by atoms with van der Waals surface area (Å²) in [6.07, 6.45) is 0. The lowest BCUT2D eigenvalue weighted by atomic mass is 10.1. The molecule has 82 valence electrons. The first-order valence-corrected chi connectivity index (χ1v) is 4.72. The number of hydrogen-bond donors (Lipinski definition) is 1. The highest BCUT2D eigenvalue weighted by Crippen LogP contribution is 2.29. The Balaban J connectivity index is 3.18. The molecule has 1 rings (SSSR count). The van der Waals surface area contributed by atoms with Crippen molar-refractivity contribution in [1.29, 1.82) is 0 Å². The van der Waals surface area contributed by atoms with Crippen molar-refractivity contribution >= 4 is 11.7 Å². The zero-order valence-corrected chi connectivity index (χ0v) is 9.16. The van der Waals surface area contributed by atoms with Crippen molar-refractivity contribution in [2.75, 3.05) is 19.5 Å². The van der Waals surface area contributed by atoms with Gasteiger partial charge in [0.2, 0.25) is 0 Å². The third-order valence-electron chi connectivity index (χ3n) is 2.11. The van der Waals surface area contributed by atoms with Crippen LogP contribution in [-0.4, -0.2) is 19.7 Å². The largest absolute Gasteiger partial charge is 0.494 e. The molecule has 0 bridgehead atoms. The second-order valence-corrected chi connectivity index (χ2v) is 3.10. The Morgan fingerprint density at radius 3 is 2.67 bits per heavy atom. The predicted molar refractivity (Wildman–Crippen MR) is 58.1 cm³/mol.